The molecule has 0 radical (unpaired) electrons. The topological polar surface area (TPSA) is 56.3 Å². The molecule has 7 heteroatoms. The van der Waals surface area contributed by atoms with Crippen molar-refractivity contribution in [1.29, 1.82) is 0 Å². The molecule has 0 saturated carbocycles. The molecule has 4 nitrogen and oxygen atoms in total. The lowest BCUT2D eigenvalue weighted by Crippen LogP contribution is -2.08. The molecular formula is C18H13ClFNO3S. The zero-order chi connectivity index (χ0) is 17.8. The Bertz CT molecular complexity index is 941. The Kier molecular flexibility index (Phi) is 5.40. The van der Waals surface area contributed by atoms with E-state index in [2.05, 4.69) is 4.98 Å². The Hall–Kier alpha value is -2.31. The zero-order valence-corrected chi connectivity index (χ0v) is 14.6. The van der Waals surface area contributed by atoms with Crippen molar-refractivity contribution in [3.63, 3.8) is 0 Å². The molecule has 0 N–H and O–H groups in total. The maximum absolute atomic E-state index is 13.7. The number of hydrogen-bond donors (Lipinski definition) is 0. The van der Waals surface area contributed by atoms with Crippen LogP contribution in [0, 0.1) is 5.82 Å². The van der Waals surface area contributed by atoms with Crippen LogP contribution in [0.5, 0.6) is 0 Å². The first-order valence-corrected chi connectivity index (χ1v) is 8.70. The van der Waals surface area contributed by atoms with E-state index in [4.69, 9.17) is 16.3 Å². The molecule has 3 rings (SSSR count). The second-order valence-corrected chi connectivity index (χ2v) is 7.01. The van der Waals surface area contributed by atoms with Crippen LogP contribution in [0.3, 0.4) is 0 Å². The van der Waals surface area contributed by atoms with Crippen LogP contribution >= 0.6 is 22.9 Å². The number of fused-ring (bicyclic) bond motifs is 1. The standard InChI is InChI=1S/C18H13ClFNO3S/c19-16-7-6-15(25-16)14(22)5-8-17(23)24-10-11-3-4-13(20)12-2-1-9-21-18(11)12/h1-4,6-7,9H,5,8,10H2. The normalized spacial score (nSPS) is 10.8. The van der Waals surface area contributed by atoms with E-state index in [-0.39, 0.29) is 31.0 Å². The van der Waals surface area contributed by atoms with Crippen molar-refractivity contribution < 1.29 is 18.7 Å². The summed E-state index contributed by atoms with van der Waals surface area (Å²) in [6.07, 6.45) is 1.58. The Labute approximate surface area is 152 Å². The van der Waals surface area contributed by atoms with Gasteiger partial charge in [-0.05, 0) is 30.3 Å². The molecule has 0 aliphatic rings. The molecule has 128 valence electrons. The fourth-order valence-electron chi connectivity index (χ4n) is 2.35. The summed E-state index contributed by atoms with van der Waals surface area (Å²) in [5.41, 5.74) is 1.07. The number of hydrogen-bond acceptors (Lipinski definition) is 5. The third-order valence-electron chi connectivity index (χ3n) is 3.59. The van der Waals surface area contributed by atoms with E-state index in [0.717, 1.165) is 0 Å². The number of aromatic nitrogens is 1. The Morgan fingerprint density at radius 3 is 2.76 bits per heavy atom. The number of benzene rings is 1. The fourth-order valence-corrected chi connectivity index (χ4v) is 3.36. The number of esters is 1. The Morgan fingerprint density at radius 2 is 2.00 bits per heavy atom. The van der Waals surface area contributed by atoms with Crippen LogP contribution in [0.25, 0.3) is 10.9 Å². The van der Waals surface area contributed by atoms with E-state index in [1.807, 2.05) is 0 Å². The molecule has 0 fully saturated rings. The zero-order valence-electron chi connectivity index (χ0n) is 13.0. The summed E-state index contributed by atoms with van der Waals surface area (Å²) in [5, 5.41) is 0.376. The van der Waals surface area contributed by atoms with E-state index >= 15 is 0 Å². The SMILES string of the molecule is O=C(CCC(=O)c1ccc(Cl)s1)OCc1ccc(F)c2cccnc12. The molecule has 0 amide bonds. The van der Waals surface area contributed by atoms with E-state index in [1.54, 1.807) is 30.5 Å². The van der Waals surface area contributed by atoms with Gasteiger partial charge in [0.15, 0.2) is 5.78 Å². The Balaban J connectivity index is 1.58. The summed E-state index contributed by atoms with van der Waals surface area (Å²) in [7, 11) is 0. The molecule has 25 heavy (non-hydrogen) atoms. The van der Waals surface area contributed by atoms with E-state index in [0.29, 0.717) is 25.7 Å². The van der Waals surface area contributed by atoms with Crippen LogP contribution < -0.4 is 0 Å². The molecule has 0 aliphatic heterocycles. The first kappa shape index (κ1) is 17.5. The van der Waals surface area contributed by atoms with Gasteiger partial charge in [-0.25, -0.2) is 4.39 Å². The van der Waals surface area contributed by atoms with E-state index in [9.17, 15) is 14.0 Å². The number of nitrogens with zero attached hydrogens (tertiary/aromatic N) is 1. The lowest BCUT2D eigenvalue weighted by Gasteiger charge is -2.08. The predicted molar refractivity (Wildman–Crippen MR) is 94.4 cm³/mol. The molecule has 0 spiro atoms. The number of halogens is 2. The minimum absolute atomic E-state index is 0.0222. The largest absolute Gasteiger partial charge is 0.461 e. The number of carbonyl (C=O) groups excluding carboxylic acids is 2. The number of pyridine rings is 1. The van der Waals surface area contributed by atoms with Gasteiger partial charge in [-0.2, -0.15) is 0 Å². The number of thiophene rings is 1. The molecule has 0 bridgehead atoms. The third kappa shape index (κ3) is 4.21. The van der Waals surface area contributed by atoms with Crippen molar-refractivity contribution in [2.24, 2.45) is 0 Å². The van der Waals surface area contributed by atoms with Crippen molar-refractivity contribution >= 4 is 45.6 Å². The fraction of sp³-hybridized carbons (Fsp3) is 0.167. The van der Waals surface area contributed by atoms with Gasteiger partial charge in [-0.3, -0.25) is 14.6 Å². The summed E-state index contributed by atoms with van der Waals surface area (Å²) in [4.78, 5) is 28.5. The highest BCUT2D eigenvalue weighted by molar-refractivity contribution is 7.18. The summed E-state index contributed by atoms with van der Waals surface area (Å²) < 4.78 is 19.5. The minimum Gasteiger partial charge on any atom is -0.461 e. The van der Waals surface area contributed by atoms with Crippen LogP contribution in [0.4, 0.5) is 4.39 Å². The van der Waals surface area contributed by atoms with Gasteiger partial charge in [0.2, 0.25) is 0 Å². The van der Waals surface area contributed by atoms with Gasteiger partial charge in [-0.15, -0.1) is 11.3 Å². The third-order valence-corrected chi connectivity index (χ3v) is 4.87. The predicted octanol–water partition coefficient (Wildman–Crippen LogP) is 4.80. The van der Waals surface area contributed by atoms with Crippen molar-refractivity contribution in [2.75, 3.05) is 0 Å². The quantitative estimate of drug-likeness (QED) is 0.457. The van der Waals surface area contributed by atoms with Gasteiger partial charge in [0.25, 0.3) is 0 Å². The van der Waals surface area contributed by atoms with Crippen LogP contribution in [-0.4, -0.2) is 16.7 Å². The average molecular weight is 378 g/mol. The van der Waals surface area contributed by atoms with E-state index in [1.165, 1.54) is 23.5 Å². The summed E-state index contributed by atoms with van der Waals surface area (Å²) >= 11 is 6.97. The van der Waals surface area contributed by atoms with Crippen LogP contribution in [0.1, 0.15) is 28.1 Å². The molecule has 1 aromatic carbocycles. The lowest BCUT2D eigenvalue weighted by molar-refractivity contribution is -0.144. The second-order valence-electron chi connectivity index (χ2n) is 5.29. The molecule has 2 heterocycles. The van der Waals surface area contributed by atoms with Gasteiger partial charge in [0.05, 0.1) is 21.2 Å². The maximum atomic E-state index is 13.7. The molecule has 0 saturated heterocycles. The average Bonchev–Trinajstić information content (AvgIpc) is 3.06. The van der Waals surface area contributed by atoms with Gasteiger partial charge < -0.3 is 4.74 Å². The highest BCUT2D eigenvalue weighted by Crippen LogP contribution is 2.23. The first-order valence-electron chi connectivity index (χ1n) is 7.51. The summed E-state index contributed by atoms with van der Waals surface area (Å²) in [6, 6.07) is 9.40. The molecule has 0 aliphatic carbocycles. The van der Waals surface area contributed by atoms with Gasteiger partial charge in [0, 0.05) is 23.6 Å². The van der Waals surface area contributed by atoms with Crippen LogP contribution in [-0.2, 0) is 16.1 Å². The first-order chi connectivity index (χ1) is 12.0. The number of ether oxygens (including phenoxy) is 1. The molecular weight excluding hydrogens is 365 g/mol. The highest BCUT2D eigenvalue weighted by atomic mass is 35.5. The summed E-state index contributed by atoms with van der Waals surface area (Å²) in [5.74, 6) is -1.02. The number of ketones is 1. The number of carbonyl (C=O) groups is 2. The van der Waals surface area contributed by atoms with Gasteiger partial charge in [0.1, 0.15) is 12.4 Å². The Morgan fingerprint density at radius 1 is 1.16 bits per heavy atom. The monoisotopic (exact) mass is 377 g/mol. The maximum Gasteiger partial charge on any atom is 0.306 e. The van der Waals surface area contributed by atoms with Gasteiger partial charge >= 0.3 is 5.97 Å². The smallest absolute Gasteiger partial charge is 0.306 e. The van der Waals surface area contributed by atoms with Crippen molar-refractivity contribution in [1.82, 2.24) is 4.98 Å². The highest BCUT2D eigenvalue weighted by Gasteiger charge is 2.13. The van der Waals surface area contributed by atoms with Crippen LogP contribution in [0.15, 0.2) is 42.6 Å². The number of rotatable bonds is 6. The molecule has 2 aromatic heterocycles. The number of Topliss-reactive ketones (excluding diaryl/α,β-unsaturated/α-hetero) is 1. The molecule has 3 aromatic rings. The second kappa shape index (κ2) is 7.72. The minimum atomic E-state index is -0.496. The summed E-state index contributed by atoms with van der Waals surface area (Å²) in [6.45, 7) is -0.0222. The lowest BCUT2D eigenvalue weighted by atomic mass is 10.1. The van der Waals surface area contributed by atoms with Gasteiger partial charge in [-0.1, -0.05) is 17.7 Å². The van der Waals surface area contributed by atoms with E-state index < -0.39 is 5.97 Å². The van der Waals surface area contributed by atoms with Crippen molar-refractivity contribution in [3.8, 4) is 0 Å². The van der Waals surface area contributed by atoms with Crippen molar-refractivity contribution in [2.45, 2.75) is 19.4 Å². The molecule has 0 unspecified atom stereocenters. The van der Waals surface area contributed by atoms with Crippen LogP contribution in [0.2, 0.25) is 4.34 Å². The molecule has 0 atom stereocenters. The van der Waals surface area contributed by atoms with Crippen molar-refractivity contribution in [3.05, 3.63) is 63.2 Å².